The lowest BCUT2D eigenvalue weighted by atomic mass is 10.1. The Bertz CT molecular complexity index is 586. The van der Waals surface area contributed by atoms with Crippen molar-refractivity contribution < 1.29 is 14.3 Å². The molecule has 2 aromatic carbocycles. The highest BCUT2D eigenvalue weighted by Gasteiger charge is 2.15. The molecule has 0 saturated carbocycles. The van der Waals surface area contributed by atoms with Crippen molar-refractivity contribution in [3.63, 3.8) is 0 Å². The van der Waals surface area contributed by atoms with Gasteiger partial charge in [-0.2, -0.15) is 0 Å². The number of rotatable bonds is 6. The van der Waals surface area contributed by atoms with Crippen molar-refractivity contribution >= 4 is 6.16 Å². The zero-order valence-electron chi connectivity index (χ0n) is 14.9. The molecule has 0 fully saturated rings. The summed E-state index contributed by atoms with van der Waals surface area (Å²) >= 11 is 0. The number of ether oxygens (including phenoxy) is 2. The zero-order valence-corrected chi connectivity index (χ0v) is 14.9. The molecule has 2 atom stereocenters. The first-order chi connectivity index (χ1) is 11.4. The summed E-state index contributed by atoms with van der Waals surface area (Å²) in [5.74, 6) is 0. The smallest absolute Gasteiger partial charge is 0.431 e. The first-order valence-corrected chi connectivity index (χ1v) is 8.40. The van der Waals surface area contributed by atoms with Crippen LogP contribution in [0.15, 0.2) is 48.5 Å². The Hall–Kier alpha value is -2.29. The average Bonchev–Trinajstić information content (AvgIpc) is 2.51. The number of carbonyl (C=O) groups excluding carboxylic acids is 1. The summed E-state index contributed by atoms with van der Waals surface area (Å²) in [5.41, 5.74) is 4.73. The maximum atomic E-state index is 11.9. The molecular formula is C21H26O3. The molecule has 0 heterocycles. The third-order valence-corrected chi connectivity index (χ3v) is 3.88. The van der Waals surface area contributed by atoms with Crippen molar-refractivity contribution in [1.82, 2.24) is 0 Å². The molecule has 0 aliphatic rings. The fourth-order valence-electron chi connectivity index (χ4n) is 2.55. The standard InChI is InChI=1S/C21H26O3/c1-15-5-9-19(10-6-15)13-17(3)23-21(22)24-18(4)14-20-11-7-16(2)8-12-20/h5-12,17-18H,13-14H2,1-4H3. The van der Waals surface area contributed by atoms with Gasteiger partial charge in [0, 0.05) is 12.8 Å². The Morgan fingerprint density at radius 1 is 0.750 bits per heavy atom. The molecule has 2 rings (SSSR count). The van der Waals surface area contributed by atoms with Gasteiger partial charge in [-0.05, 0) is 38.8 Å². The lowest BCUT2D eigenvalue weighted by Gasteiger charge is -2.17. The van der Waals surface area contributed by atoms with E-state index in [2.05, 4.69) is 62.4 Å². The summed E-state index contributed by atoms with van der Waals surface area (Å²) < 4.78 is 10.7. The topological polar surface area (TPSA) is 35.5 Å². The summed E-state index contributed by atoms with van der Waals surface area (Å²) in [4.78, 5) is 11.9. The van der Waals surface area contributed by atoms with Crippen LogP contribution < -0.4 is 0 Å². The molecule has 3 heteroatoms. The molecule has 0 amide bonds. The minimum absolute atomic E-state index is 0.216. The lowest BCUT2D eigenvalue weighted by molar-refractivity contribution is 0.00798. The SMILES string of the molecule is Cc1ccc(CC(C)OC(=O)OC(C)Cc2ccc(C)cc2)cc1. The Labute approximate surface area is 144 Å². The molecule has 0 N–H and O–H groups in total. The van der Waals surface area contributed by atoms with Crippen LogP contribution in [0, 0.1) is 13.8 Å². The van der Waals surface area contributed by atoms with E-state index < -0.39 is 6.16 Å². The zero-order chi connectivity index (χ0) is 17.5. The van der Waals surface area contributed by atoms with Gasteiger partial charge in [-0.1, -0.05) is 59.7 Å². The van der Waals surface area contributed by atoms with Crippen LogP contribution in [-0.4, -0.2) is 18.4 Å². The number of hydrogen-bond donors (Lipinski definition) is 0. The Morgan fingerprint density at radius 3 is 1.42 bits per heavy atom. The van der Waals surface area contributed by atoms with E-state index in [0.29, 0.717) is 12.8 Å². The van der Waals surface area contributed by atoms with E-state index >= 15 is 0 Å². The van der Waals surface area contributed by atoms with Crippen molar-refractivity contribution in [2.24, 2.45) is 0 Å². The molecule has 0 aromatic heterocycles. The minimum Gasteiger partial charge on any atom is -0.431 e. The van der Waals surface area contributed by atoms with Gasteiger partial charge in [0.05, 0.1) is 0 Å². The number of hydrogen-bond acceptors (Lipinski definition) is 3. The van der Waals surface area contributed by atoms with Crippen LogP contribution in [0.25, 0.3) is 0 Å². The van der Waals surface area contributed by atoms with Crippen LogP contribution in [0.4, 0.5) is 4.79 Å². The maximum absolute atomic E-state index is 11.9. The maximum Gasteiger partial charge on any atom is 0.508 e. The van der Waals surface area contributed by atoms with E-state index in [0.717, 1.165) is 11.1 Å². The number of carbonyl (C=O) groups is 1. The average molecular weight is 326 g/mol. The van der Waals surface area contributed by atoms with E-state index in [1.54, 1.807) is 0 Å². The fourth-order valence-corrected chi connectivity index (χ4v) is 2.55. The van der Waals surface area contributed by atoms with Gasteiger partial charge in [-0.25, -0.2) is 4.79 Å². The molecule has 2 unspecified atom stereocenters. The number of aryl methyl sites for hydroxylation is 2. The Balaban J connectivity index is 1.76. The third-order valence-electron chi connectivity index (χ3n) is 3.88. The molecule has 24 heavy (non-hydrogen) atoms. The molecule has 0 saturated heterocycles. The fraction of sp³-hybridized carbons (Fsp3) is 0.381. The van der Waals surface area contributed by atoms with E-state index in [1.165, 1.54) is 11.1 Å². The highest BCUT2D eigenvalue weighted by Crippen LogP contribution is 2.11. The molecule has 128 valence electrons. The van der Waals surface area contributed by atoms with Crippen molar-refractivity contribution in [2.75, 3.05) is 0 Å². The van der Waals surface area contributed by atoms with Crippen molar-refractivity contribution in [3.05, 3.63) is 70.8 Å². The quantitative estimate of drug-likeness (QED) is 0.699. The largest absolute Gasteiger partial charge is 0.508 e. The molecule has 0 bridgehead atoms. The van der Waals surface area contributed by atoms with Gasteiger partial charge in [-0.15, -0.1) is 0 Å². The summed E-state index contributed by atoms with van der Waals surface area (Å²) in [7, 11) is 0. The Kier molecular flexibility index (Phi) is 6.42. The number of benzene rings is 2. The van der Waals surface area contributed by atoms with Crippen LogP contribution in [0.1, 0.15) is 36.1 Å². The third kappa shape index (κ3) is 6.07. The molecule has 0 aliphatic carbocycles. The second-order valence-corrected chi connectivity index (χ2v) is 6.49. The summed E-state index contributed by atoms with van der Waals surface area (Å²) in [5, 5.41) is 0. The second kappa shape index (κ2) is 8.53. The van der Waals surface area contributed by atoms with Crippen LogP contribution in [0.2, 0.25) is 0 Å². The highest BCUT2D eigenvalue weighted by molar-refractivity contribution is 5.60. The van der Waals surface area contributed by atoms with Gasteiger partial charge < -0.3 is 9.47 Å². The lowest BCUT2D eigenvalue weighted by Crippen LogP contribution is -2.23. The van der Waals surface area contributed by atoms with Gasteiger partial charge in [0.15, 0.2) is 0 Å². The van der Waals surface area contributed by atoms with E-state index in [4.69, 9.17) is 9.47 Å². The summed E-state index contributed by atoms with van der Waals surface area (Å²) in [6.45, 7) is 7.87. The first kappa shape index (κ1) is 18.1. The normalized spacial score (nSPS) is 13.2. The van der Waals surface area contributed by atoms with Gasteiger partial charge in [0.25, 0.3) is 0 Å². The molecule has 3 nitrogen and oxygen atoms in total. The van der Waals surface area contributed by atoms with Gasteiger partial charge in [0.2, 0.25) is 0 Å². The minimum atomic E-state index is -0.603. The van der Waals surface area contributed by atoms with Gasteiger partial charge >= 0.3 is 6.16 Å². The predicted molar refractivity (Wildman–Crippen MR) is 96.3 cm³/mol. The molecule has 0 spiro atoms. The molecule has 2 aromatic rings. The van der Waals surface area contributed by atoms with Crippen LogP contribution in [0.5, 0.6) is 0 Å². The summed E-state index contributed by atoms with van der Waals surface area (Å²) in [6.07, 6.45) is 0.330. The van der Waals surface area contributed by atoms with Crippen molar-refractivity contribution in [2.45, 2.75) is 52.7 Å². The Morgan fingerprint density at radius 2 is 1.08 bits per heavy atom. The molecule has 0 aliphatic heterocycles. The van der Waals surface area contributed by atoms with Gasteiger partial charge in [0.1, 0.15) is 12.2 Å². The molecular weight excluding hydrogens is 300 g/mol. The van der Waals surface area contributed by atoms with Crippen molar-refractivity contribution in [1.29, 1.82) is 0 Å². The van der Waals surface area contributed by atoms with E-state index in [-0.39, 0.29) is 12.2 Å². The molecule has 0 radical (unpaired) electrons. The predicted octanol–water partition coefficient (Wildman–Crippen LogP) is 5.02. The van der Waals surface area contributed by atoms with Crippen molar-refractivity contribution in [3.8, 4) is 0 Å². The van der Waals surface area contributed by atoms with Crippen LogP contribution in [-0.2, 0) is 22.3 Å². The van der Waals surface area contributed by atoms with E-state index in [9.17, 15) is 4.79 Å². The van der Waals surface area contributed by atoms with Crippen LogP contribution >= 0.6 is 0 Å². The second-order valence-electron chi connectivity index (χ2n) is 6.49. The highest BCUT2D eigenvalue weighted by atomic mass is 16.7. The van der Waals surface area contributed by atoms with Crippen LogP contribution in [0.3, 0.4) is 0 Å². The van der Waals surface area contributed by atoms with Gasteiger partial charge in [-0.3, -0.25) is 0 Å². The summed E-state index contributed by atoms with van der Waals surface area (Å²) in [6, 6.07) is 16.5. The van der Waals surface area contributed by atoms with E-state index in [1.807, 2.05) is 13.8 Å². The first-order valence-electron chi connectivity index (χ1n) is 8.40. The monoisotopic (exact) mass is 326 g/mol.